The number of allylic oxidation sites excluding steroid dienone is 1. The highest BCUT2D eigenvalue weighted by Crippen LogP contribution is 2.30. The fraction of sp³-hybridized carbons (Fsp3) is 0.294. The van der Waals surface area contributed by atoms with Crippen molar-refractivity contribution in [3.05, 3.63) is 54.1 Å². The van der Waals surface area contributed by atoms with E-state index in [1.54, 1.807) is 0 Å². The second-order valence-corrected chi connectivity index (χ2v) is 5.13. The number of benzene rings is 2. The quantitative estimate of drug-likeness (QED) is 0.793. The third-order valence-electron chi connectivity index (χ3n) is 3.78. The summed E-state index contributed by atoms with van der Waals surface area (Å²) >= 11 is 0. The molecule has 0 heterocycles. The topological polar surface area (TPSA) is 26.0 Å². The number of hydrogen-bond donors (Lipinski definition) is 1. The van der Waals surface area contributed by atoms with Gasteiger partial charge >= 0.3 is 0 Å². The first-order valence-corrected chi connectivity index (χ1v) is 6.79. The molecule has 1 unspecified atom stereocenters. The van der Waals surface area contributed by atoms with Gasteiger partial charge in [0.05, 0.1) is 0 Å². The second kappa shape index (κ2) is 4.95. The molecule has 0 spiro atoms. The molecule has 0 radical (unpaired) electrons. The minimum Gasteiger partial charge on any atom is -0.324 e. The van der Waals surface area contributed by atoms with E-state index in [1.807, 2.05) is 0 Å². The molecule has 0 aliphatic heterocycles. The van der Waals surface area contributed by atoms with Crippen LogP contribution in [0, 0.1) is 0 Å². The lowest BCUT2D eigenvalue weighted by molar-refractivity contribution is 0.658. The lowest BCUT2D eigenvalue weighted by Gasteiger charge is -2.10. The van der Waals surface area contributed by atoms with Gasteiger partial charge in [-0.05, 0) is 41.2 Å². The molecule has 1 atom stereocenters. The van der Waals surface area contributed by atoms with Crippen LogP contribution in [0.1, 0.15) is 31.2 Å². The largest absolute Gasteiger partial charge is 0.324 e. The van der Waals surface area contributed by atoms with Crippen LogP contribution >= 0.6 is 0 Å². The van der Waals surface area contributed by atoms with Gasteiger partial charge in [-0.2, -0.15) is 0 Å². The Morgan fingerprint density at radius 2 is 1.78 bits per heavy atom. The predicted molar refractivity (Wildman–Crippen MR) is 78.4 cm³/mol. The molecule has 0 saturated heterocycles. The van der Waals surface area contributed by atoms with Crippen LogP contribution in [0.5, 0.6) is 0 Å². The lowest BCUT2D eigenvalue weighted by atomic mass is 9.95. The highest BCUT2D eigenvalue weighted by atomic mass is 14.6. The smallest absolute Gasteiger partial charge is 0.0229 e. The molecule has 1 nitrogen and oxygen atoms in total. The third-order valence-corrected chi connectivity index (χ3v) is 3.78. The predicted octanol–water partition coefficient (Wildman–Crippen LogP) is 4.12. The van der Waals surface area contributed by atoms with E-state index in [0.29, 0.717) is 0 Å². The molecule has 2 N–H and O–H groups in total. The summed E-state index contributed by atoms with van der Waals surface area (Å²) in [5.74, 6) is 0. The van der Waals surface area contributed by atoms with E-state index >= 15 is 0 Å². The summed E-state index contributed by atoms with van der Waals surface area (Å²) in [6, 6.07) is 15.4. The van der Waals surface area contributed by atoms with Gasteiger partial charge in [-0.1, -0.05) is 55.0 Å². The van der Waals surface area contributed by atoms with Gasteiger partial charge < -0.3 is 5.73 Å². The molecule has 1 aliphatic rings. The van der Waals surface area contributed by atoms with E-state index < -0.39 is 0 Å². The maximum atomic E-state index is 6.13. The van der Waals surface area contributed by atoms with E-state index in [9.17, 15) is 0 Å². The molecular formula is C17H19N. The van der Waals surface area contributed by atoms with E-state index in [-0.39, 0.29) is 6.04 Å². The Hall–Kier alpha value is -1.60. The molecule has 2 aromatic rings. The van der Waals surface area contributed by atoms with Crippen molar-refractivity contribution in [2.45, 2.75) is 31.7 Å². The Balaban J connectivity index is 2.13. The summed E-state index contributed by atoms with van der Waals surface area (Å²) in [6.45, 7) is 0. The lowest BCUT2D eigenvalue weighted by Crippen LogP contribution is -2.15. The Bertz CT molecular complexity index is 578. The summed E-state index contributed by atoms with van der Waals surface area (Å²) < 4.78 is 0. The molecule has 0 bridgehead atoms. The van der Waals surface area contributed by atoms with Crippen molar-refractivity contribution in [1.29, 1.82) is 0 Å². The molecule has 3 rings (SSSR count). The zero-order chi connectivity index (χ0) is 12.4. The van der Waals surface area contributed by atoms with Crippen LogP contribution < -0.4 is 5.73 Å². The van der Waals surface area contributed by atoms with Crippen molar-refractivity contribution in [1.82, 2.24) is 0 Å². The number of fused-ring (bicyclic) bond motifs is 1. The normalized spacial score (nSPS) is 20.5. The van der Waals surface area contributed by atoms with Crippen molar-refractivity contribution in [3.63, 3.8) is 0 Å². The number of rotatable bonds is 1. The molecule has 0 aromatic heterocycles. The zero-order valence-corrected chi connectivity index (χ0v) is 10.6. The van der Waals surface area contributed by atoms with Crippen LogP contribution in [0.2, 0.25) is 0 Å². The standard InChI is InChI=1S/C17H19N/c18-15-9-3-1-7-14(12-15)17-11-5-8-13-6-2-4-10-16(13)17/h2,4-6,8,10-12,15H,1,3,7,9,18H2. The third kappa shape index (κ3) is 2.19. The van der Waals surface area contributed by atoms with Crippen molar-refractivity contribution in [2.75, 3.05) is 0 Å². The SMILES string of the molecule is NC1C=C(c2cccc3ccccc23)CCCC1. The van der Waals surface area contributed by atoms with Crippen LogP contribution in [0.25, 0.3) is 16.3 Å². The second-order valence-electron chi connectivity index (χ2n) is 5.13. The Morgan fingerprint density at radius 1 is 0.944 bits per heavy atom. The van der Waals surface area contributed by atoms with Gasteiger partial charge in [0, 0.05) is 6.04 Å². The first-order chi connectivity index (χ1) is 8.84. The summed E-state index contributed by atoms with van der Waals surface area (Å²) in [5, 5.41) is 2.66. The van der Waals surface area contributed by atoms with Gasteiger partial charge in [0.15, 0.2) is 0 Å². The van der Waals surface area contributed by atoms with Crippen molar-refractivity contribution in [3.8, 4) is 0 Å². The molecule has 1 aliphatic carbocycles. The van der Waals surface area contributed by atoms with Crippen molar-refractivity contribution in [2.24, 2.45) is 5.73 Å². The molecule has 0 amide bonds. The molecule has 0 fully saturated rings. The Labute approximate surface area is 108 Å². The average molecular weight is 237 g/mol. The van der Waals surface area contributed by atoms with Gasteiger partial charge in [0.25, 0.3) is 0 Å². The van der Waals surface area contributed by atoms with Crippen LogP contribution in [-0.2, 0) is 0 Å². The van der Waals surface area contributed by atoms with E-state index in [4.69, 9.17) is 5.73 Å². The van der Waals surface area contributed by atoms with E-state index in [1.165, 1.54) is 34.8 Å². The fourth-order valence-corrected chi connectivity index (χ4v) is 2.85. The first-order valence-electron chi connectivity index (χ1n) is 6.79. The van der Waals surface area contributed by atoms with Crippen LogP contribution in [0.3, 0.4) is 0 Å². The Kier molecular flexibility index (Phi) is 3.16. The van der Waals surface area contributed by atoms with Crippen molar-refractivity contribution >= 4 is 16.3 Å². The molecular weight excluding hydrogens is 218 g/mol. The highest BCUT2D eigenvalue weighted by molar-refractivity contribution is 5.93. The summed E-state index contributed by atoms with van der Waals surface area (Å²) in [5.41, 5.74) is 8.92. The molecule has 18 heavy (non-hydrogen) atoms. The van der Waals surface area contributed by atoms with E-state index in [0.717, 1.165) is 12.8 Å². The first kappa shape index (κ1) is 11.5. The molecule has 1 heteroatoms. The van der Waals surface area contributed by atoms with Gasteiger partial charge in [0.2, 0.25) is 0 Å². The molecule has 0 saturated carbocycles. The number of nitrogens with two attached hydrogens (primary N) is 1. The Morgan fingerprint density at radius 3 is 2.72 bits per heavy atom. The monoisotopic (exact) mass is 237 g/mol. The minimum absolute atomic E-state index is 0.224. The highest BCUT2D eigenvalue weighted by Gasteiger charge is 2.11. The summed E-state index contributed by atoms with van der Waals surface area (Å²) in [4.78, 5) is 0. The van der Waals surface area contributed by atoms with Gasteiger partial charge in [-0.3, -0.25) is 0 Å². The van der Waals surface area contributed by atoms with Crippen molar-refractivity contribution < 1.29 is 0 Å². The molecule has 92 valence electrons. The minimum atomic E-state index is 0.224. The van der Waals surface area contributed by atoms with Crippen LogP contribution in [0.4, 0.5) is 0 Å². The maximum Gasteiger partial charge on any atom is 0.0229 e. The average Bonchev–Trinajstić information content (AvgIpc) is 2.63. The molecule has 2 aromatic carbocycles. The summed E-state index contributed by atoms with van der Waals surface area (Å²) in [6.07, 6.45) is 7.04. The number of hydrogen-bond acceptors (Lipinski definition) is 1. The van der Waals surface area contributed by atoms with Gasteiger partial charge in [-0.15, -0.1) is 0 Å². The van der Waals surface area contributed by atoms with Crippen LogP contribution in [0.15, 0.2) is 48.5 Å². The fourth-order valence-electron chi connectivity index (χ4n) is 2.85. The summed E-state index contributed by atoms with van der Waals surface area (Å²) in [7, 11) is 0. The van der Waals surface area contributed by atoms with Gasteiger partial charge in [-0.25, -0.2) is 0 Å². The van der Waals surface area contributed by atoms with E-state index in [2.05, 4.69) is 48.5 Å². The van der Waals surface area contributed by atoms with Gasteiger partial charge in [0.1, 0.15) is 0 Å². The zero-order valence-electron chi connectivity index (χ0n) is 10.6. The maximum absolute atomic E-state index is 6.13. The van der Waals surface area contributed by atoms with Crippen LogP contribution in [-0.4, -0.2) is 6.04 Å².